The lowest BCUT2D eigenvalue weighted by Crippen LogP contribution is -2.54. The Morgan fingerprint density at radius 3 is 2.63 bits per heavy atom. The van der Waals surface area contributed by atoms with Crippen LogP contribution in [0, 0.1) is 17.8 Å². The summed E-state index contributed by atoms with van der Waals surface area (Å²) in [4.78, 5) is 14.9. The number of carbonyl (C=O) groups is 1. The summed E-state index contributed by atoms with van der Waals surface area (Å²) in [5, 5.41) is 3.27. The van der Waals surface area contributed by atoms with Crippen LogP contribution >= 0.6 is 12.4 Å². The van der Waals surface area contributed by atoms with Crippen LogP contribution in [0.3, 0.4) is 0 Å². The molecular formula is C15H29ClN2O. The molecule has 2 rings (SSSR count). The summed E-state index contributed by atoms with van der Waals surface area (Å²) >= 11 is 0. The molecule has 0 radical (unpaired) electrons. The van der Waals surface area contributed by atoms with Gasteiger partial charge in [-0.15, -0.1) is 12.4 Å². The van der Waals surface area contributed by atoms with Gasteiger partial charge in [-0.05, 0) is 44.2 Å². The summed E-state index contributed by atoms with van der Waals surface area (Å²) in [5.74, 6) is 1.86. The molecule has 19 heavy (non-hydrogen) atoms. The Hall–Kier alpha value is -0.280. The van der Waals surface area contributed by atoms with Gasteiger partial charge < -0.3 is 10.2 Å². The van der Waals surface area contributed by atoms with E-state index in [1.54, 1.807) is 0 Å². The van der Waals surface area contributed by atoms with E-state index in [9.17, 15) is 4.79 Å². The molecular weight excluding hydrogens is 260 g/mol. The molecule has 4 heteroatoms. The van der Waals surface area contributed by atoms with E-state index in [2.05, 4.69) is 31.0 Å². The lowest BCUT2D eigenvalue weighted by molar-refractivity contribution is -0.142. The first-order valence-electron chi connectivity index (χ1n) is 7.66. The molecule has 2 aliphatic rings. The summed E-state index contributed by atoms with van der Waals surface area (Å²) in [6.45, 7) is 9.69. The number of piperidine rings is 1. The van der Waals surface area contributed by atoms with Gasteiger partial charge in [-0.25, -0.2) is 0 Å². The molecule has 3 atom stereocenters. The average molecular weight is 289 g/mol. The molecule has 2 saturated heterocycles. The van der Waals surface area contributed by atoms with Gasteiger partial charge in [0.25, 0.3) is 0 Å². The first kappa shape index (κ1) is 16.8. The third kappa shape index (κ3) is 3.63. The number of hydrogen-bond donors (Lipinski definition) is 1. The van der Waals surface area contributed by atoms with Gasteiger partial charge in [-0.3, -0.25) is 4.79 Å². The standard InChI is InChI=1S/C15H28N2O.ClH/c1-4-6-14-11(2)7-5-8-17(14)15(18)12(3)13-9-16-10-13;/h11-14,16H,4-10H2,1-3H3;1H. The summed E-state index contributed by atoms with van der Waals surface area (Å²) in [7, 11) is 0. The van der Waals surface area contributed by atoms with E-state index in [1.807, 2.05) is 0 Å². The fraction of sp³-hybridized carbons (Fsp3) is 0.933. The van der Waals surface area contributed by atoms with E-state index in [1.165, 1.54) is 25.7 Å². The molecule has 2 fully saturated rings. The third-order valence-electron chi connectivity index (χ3n) is 4.89. The molecule has 0 aromatic carbocycles. The SMILES string of the molecule is CCCC1C(C)CCCN1C(=O)C(C)C1CNC1.Cl. The predicted molar refractivity (Wildman–Crippen MR) is 81.6 cm³/mol. The third-order valence-corrected chi connectivity index (χ3v) is 4.89. The van der Waals surface area contributed by atoms with Gasteiger partial charge in [0.2, 0.25) is 5.91 Å². The zero-order valence-corrected chi connectivity index (χ0v) is 13.3. The Morgan fingerprint density at radius 1 is 1.42 bits per heavy atom. The van der Waals surface area contributed by atoms with Crippen LogP contribution in [0.1, 0.15) is 46.5 Å². The Kier molecular flexibility index (Phi) is 6.61. The summed E-state index contributed by atoms with van der Waals surface area (Å²) < 4.78 is 0. The second-order valence-corrected chi connectivity index (χ2v) is 6.21. The van der Waals surface area contributed by atoms with Crippen molar-refractivity contribution >= 4 is 18.3 Å². The van der Waals surface area contributed by atoms with Crippen molar-refractivity contribution in [2.45, 2.75) is 52.5 Å². The molecule has 0 aliphatic carbocycles. The number of nitrogens with zero attached hydrogens (tertiary/aromatic N) is 1. The van der Waals surface area contributed by atoms with E-state index >= 15 is 0 Å². The number of hydrogen-bond acceptors (Lipinski definition) is 2. The Bertz CT molecular complexity index is 294. The molecule has 112 valence electrons. The topological polar surface area (TPSA) is 32.3 Å². The zero-order chi connectivity index (χ0) is 13.1. The number of amides is 1. The van der Waals surface area contributed by atoms with Crippen LogP contribution in [0.15, 0.2) is 0 Å². The first-order chi connectivity index (χ1) is 8.65. The molecule has 0 bridgehead atoms. The van der Waals surface area contributed by atoms with Gasteiger partial charge in [0.15, 0.2) is 0 Å². The normalized spacial score (nSPS) is 29.3. The van der Waals surface area contributed by atoms with E-state index in [-0.39, 0.29) is 18.3 Å². The van der Waals surface area contributed by atoms with Crippen molar-refractivity contribution in [3.8, 4) is 0 Å². The van der Waals surface area contributed by atoms with Crippen molar-refractivity contribution < 1.29 is 4.79 Å². The van der Waals surface area contributed by atoms with Gasteiger partial charge in [-0.2, -0.15) is 0 Å². The summed E-state index contributed by atoms with van der Waals surface area (Å²) in [6, 6.07) is 0.492. The number of rotatable bonds is 4. The van der Waals surface area contributed by atoms with E-state index in [0.29, 0.717) is 23.8 Å². The molecule has 0 saturated carbocycles. The number of likely N-dealkylation sites (tertiary alicyclic amines) is 1. The van der Waals surface area contributed by atoms with Crippen molar-refractivity contribution in [2.75, 3.05) is 19.6 Å². The van der Waals surface area contributed by atoms with Crippen molar-refractivity contribution in [3.05, 3.63) is 0 Å². The second kappa shape index (κ2) is 7.49. The van der Waals surface area contributed by atoms with Crippen LogP contribution in [0.25, 0.3) is 0 Å². The Labute approximate surface area is 123 Å². The Balaban J connectivity index is 0.00000180. The average Bonchev–Trinajstić information content (AvgIpc) is 2.29. The molecule has 0 spiro atoms. The second-order valence-electron chi connectivity index (χ2n) is 6.21. The lowest BCUT2D eigenvalue weighted by Gasteiger charge is -2.43. The minimum atomic E-state index is 0. The van der Waals surface area contributed by atoms with Crippen LogP contribution in [0.4, 0.5) is 0 Å². The highest BCUT2D eigenvalue weighted by molar-refractivity contribution is 5.85. The van der Waals surface area contributed by atoms with Gasteiger partial charge >= 0.3 is 0 Å². The highest BCUT2D eigenvalue weighted by atomic mass is 35.5. The van der Waals surface area contributed by atoms with Crippen molar-refractivity contribution in [2.24, 2.45) is 17.8 Å². The minimum absolute atomic E-state index is 0. The quantitative estimate of drug-likeness (QED) is 0.863. The molecule has 1 N–H and O–H groups in total. The zero-order valence-electron chi connectivity index (χ0n) is 12.5. The van der Waals surface area contributed by atoms with E-state index in [4.69, 9.17) is 0 Å². The summed E-state index contributed by atoms with van der Waals surface area (Å²) in [5.41, 5.74) is 0. The maximum Gasteiger partial charge on any atom is 0.226 e. The predicted octanol–water partition coefficient (Wildman–Crippen LogP) is 2.69. The fourth-order valence-corrected chi connectivity index (χ4v) is 3.39. The Morgan fingerprint density at radius 2 is 2.11 bits per heavy atom. The molecule has 3 nitrogen and oxygen atoms in total. The van der Waals surface area contributed by atoms with E-state index < -0.39 is 0 Å². The largest absolute Gasteiger partial charge is 0.339 e. The van der Waals surface area contributed by atoms with E-state index in [0.717, 1.165) is 19.6 Å². The van der Waals surface area contributed by atoms with Crippen LogP contribution in [0.2, 0.25) is 0 Å². The van der Waals surface area contributed by atoms with Crippen molar-refractivity contribution in [1.29, 1.82) is 0 Å². The minimum Gasteiger partial charge on any atom is -0.339 e. The van der Waals surface area contributed by atoms with Crippen molar-refractivity contribution in [3.63, 3.8) is 0 Å². The summed E-state index contributed by atoms with van der Waals surface area (Å²) in [6.07, 6.45) is 4.82. The molecule has 1 amide bonds. The maximum absolute atomic E-state index is 12.7. The lowest BCUT2D eigenvalue weighted by atomic mass is 9.83. The van der Waals surface area contributed by atoms with Crippen LogP contribution in [0.5, 0.6) is 0 Å². The maximum atomic E-state index is 12.7. The fourth-order valence-electron chi connectivity index (χ4n) is 3.39. The number of halogens is 1. The highest BCUT2D eigenvalue weighted by Crippen LogP contribution is 2.29. The smallest absolute Gasteiger partial charge is 0.226 e. The molecule has 2 heterocycles. The molecule has 0 aromatic heterocycles. The highest BCUT2D eigenvalue weighted by Gasteiger charge is 2.37. The molecule has 3 unspecified atom stereocenters. The van der Waals surface area contributed by atoms with Crippen LogP contribution in [-0.4, -0.2) is 36.5 Å². The number of carbonyl (C=O) groups excluding carboxylic acids is 1. The van der Waals surface area contributed by atoms with Gasteiger partial charge in [-0.1, -0.05) is 27.2 Å². The molecule has 0 aromatic rings. The monoisotopic (exact) mass is 288 g/mol. The first-order valence-corrected chi connectivity index (χ1v) is 7.66. The van der Waals surface area contributed by atoms with Gasteiger partial charge in [0, 0.05) is 18.5 Å². The van der Waals surface area contributed by atoms with Gasteiger partial charge in [0.1, 0.15) is 0 Å². The van der Waals surface area contributed by atoms with Gasteiger partial charge in [0.05, 0.1) is 0 Å². The van der Waals surface area contributed by atoms with Crippen LogP contribution in [-0.2, 0) is 4.79 Å². The van der Waals surface area contributed by atoms with Crippen LogP contribution < -0.4 is 5.32 Å². The van der Waals surface area contributed by atoms with Crippen molar-refractivity contribution in [1.82, 2.24) is 10.2 Å². The molecule has 2 aliphatic heterocycles. The number of nitrogens with one attached hydrogen (secondary N) is 1.